The molecule has 1 aliphatic heterocycles. The second-order valence-electron chi connectivity index (χ2n) is 8.71. The SMILES string of the molecule is CN1CCC(C2CCCCC2)C1C(=O)Nc1ccc2c(c1)cc(C(=O)O)n2CCF. The van der Waals surface area contributed by atoms with Gasteiger partial charge in [0.2, 0.25) is 5.91 Å². The molecule has 0 bridgehead atoms. The summed E-state index contributed by atoms with van der Waals surface area (Å²) in [5.74, 6) is -0.0715. The first kappa shape index (κ1) is 20.8. The fraction of sp³-hybridized carbons (Fsp3) is 0.565. The van der Waals surface area contributed by atoms with E-state index in [0.717, 1.165) is 13.0 Å². The van der Waals surface area contributed by atoms with E-state index >= 15 is 0 Å². The van der Waals surface area contributed by atoms with E-state index in [1.807, 2.05) is 7.05 Å². The number of aryl methyl sites for hydroxylation is 1. The van der Waals surface area contributed by atoms with Crippen molar-refractivity contribution in [1.29, 1.82) is 0 Å². The number of carboxylic acids is 1. The average Bonchev–Trinajstić information content (AvgIpc) is 3.29. The summed E-state index contributed by atoms with van der Waals surface area (Å²) in [6, 6.07) is 6.71. The molecule has 7 heteroatoms. The molecule has 162 valence electrons. The van der Waals surface area contributed by atoms with E-state index in [4.69, 9.17) is 0 Å². The molecule has 0 spiro atoms. The largest absolute Gasteiger partial charge is 0.477 e. The Morgan fingerprint density at radius 3 is 2.63 bits per heavy atom. The molecule has 1 aromatic carbocycles. The zero-order valence-electron chi connectivity index (χ0n) is 17.4. The zero-order chi connectivity index (χ0) is 21.3. The van der Waals surface area contributed by atoms with Crippen molar-refractivity contribution in [3.8, 4) is 0 Å². The number of carbonyl (C=O) groups is 2. The molecule has 30 heavy (non-hydrogen) atoms. The molecule has 4 rings (SSSR count). The molecule has 2 aromatic rings. The van der Waals surface area contributed by atoms with Gasteiger partial charge in [-0.3, -0.25) is 9.69 Å². The first-order valence-corrected chi connectivity index (χ1v) is 10.9. The molecule has 2 aliphatic rings. The summed E-state index contributed by atoms with van der Waals surface area (Å²) < 4.78 is 14.4. The van der Waals surface area contributed by atoms with Crippen LogP contribution in [0.5, 0.6) is 0 Å². The van der Waals surface area contributed by atoms with E-state index in [0.29, 0.717) is 28.4 Å². The molecule has 1 aliphatic carbocycles. The van der Waals surface area contributed by atoms with Crippen LogP contribution >= 0.6 is 0 Å². The second-order valence-corrected chi connectivity index (χ2v) is 8.71. The highest BCUT2D eigenvalue weighted by Gasteiger charge is 2.41. The lowest BCUT2D eigenvalue weighted by Gasteiger charge is -2.32. The van der Waals surface area contributed by atoms with Crippen LogP contribution in [0.25, 0.3) is 10.9 Å². The monoisotopic (exact) mass is 415 g/mol. The van der Waals surface area contributed by atoms with Crippen LogP contribution < -0.4 is 5.32 Å². The number of halogens is 1. The van der Waals surface area contributed by atoms with Crippen LogP contribution in [-0.2, 0) is 11.3 Å². The lowest BCUT2D eigenvalue weighted by molar-refractivity contribution is -0.121. The highest BCUT2D eigenvalue weighted by Crippen LogP contribution is 2.38. The number of aromatic carboxylic acids is 1. The van der Waals surface area contributed by atoms with Gasteiger partial charge in [-0.1, -0.05) is 32.1 Å². The fourth-order valence-corrected chi connectivity index (χ4v) is 5.49. The maximum Gasteiger partial charge on any atom is 0.352 e. The predicted octanol–water partition coefficient (Wildman–Crippen LogP) is 4.15. The summed E-state index contributed by atoms with van der Waals surface area (Å²) >= 11 is 0. The minimum absolute atomic E-state index is 0.00609. The van der Waals surface area contributed by atoms with E-state index in [1.165, 1.54) is 42.7 Å². The number of fused-ring (bicyclic) bond motifs is 1. The third kappa shape index (κ3) is 3.95. The van der Waals surface area contributed by atoms with Gasteiger partial charge in [0.15, 0.2) is 0 Å². The normalized spacial score (nSPS) is 23.1. The molecule has 2 atom stereocenters. The van der Waals surface area contributed by atoms with Crippen LogP contribution in [0.1, 0.15) is 49.0 Å². The number of carbonyl (C=O) groups excluding carboxylic acids is 1. The summed E-state index contributed by atoms with van der Waals surface area (Å²) in [6.45, 7) is 0.290. The van der Waals surface area contributed by atoms with Gasteiger partial charge in [0.05, 0.1) is 12.6 Å². The summed E-state index contributed by atoms with van der Waals surface area (Å²) in [4.78, 5) is 26.9. The van der Waals surface area contributed by atoms with Crippen molar-refractivity contribution in [3.05, 3.63) is 30.0 Å². The van der Waals surface area contributed by atoms with Crippen molar-refractivity contribution in [2.45, 2.75) is 51.1 Å². The van der Waals surface area contributed by atoms with E-state index in [-0.39, 0.29) is 24.2 Å². The number of nitrogens with one attached hydrogen (secondary N) is 1. The Labute approximate surface area is 176 Å². The second kappa shape index (κ2) is 8.76. The first-order valence-electron chi connectivity index (χ1n) is 10.9. The van der Waals surface area contributed by atoms with Crippen LogP contribution in [0.4, 0.5) is 10.1 Å². The van der Waals surface area contributed by atoms with Crippen LogP contribution in [0.3, 0.4) is 0 Å². The number of likely N-dealkylation sites (N-methyl/N-ethyl adjacent to an activating group) is 1. The molecule has 2 fully saturated rings. The molecule has 6 nitrogen and oxygen atoms in total. The number of alkyl halides is 1. The zero-order valence-corrected chi connectivity index (χ0v) is 17.4. The Balaban J connectivity index is 1.55. The number of likely N-dealkylation sites (tertiary alicyclic amines) is 1. The average molecular weight is 416 g/mol. The number of amides is 1. The molecule has 0 radical (unpaired) electrons. The molecule has 1 aromatic heterocycles. The Bertz CT molecular complexity index is 935. The van der Waals surface area contributed by atoms with E-state index < -0.39 is 12.6 Å². The van der Waals surface area contributed by atoms with Crippen LogP contribution in [0, 0.1) is 11.8 Å². The Kier molecular flexibility index (Phi) is 6.09. The maximum atomic E-state index is 13.2. The number of benzene rings is 1. The maximum absolute atomic E-state index is 13.2. The third-order valence-electron chi connectivity index (χ3n) is 6.92. The first-order chi connectivity index (χ1) is 14.5. The highest BCUT2D eigenvalue weighted by molar-refractivity contribution is 5.99. The summed E-state index contributed by atoms with van der Waals surface area (Å²) in [7, 11) is 2.02. The minimum Gasteiger partial charge on any atom is -0.477 e. The van der Waals surface area contributed by atoms with Crippen LogP contribution in [0.2, 0.25) is 0 Å². The van der Waals surface area contributed by atoms with Crippen molar-refractivity contribution in [3.63, 3.8) is 0 Å². The Morgan fingerprint density at radius 2 is 1.93 bits per heavy atom. The number of anilines is 1. The standard InChI is InChI=1S/C23H30FN3O3/c1-26-11-9-18(15-5-3-2-4-6-15)21(26)22(28)25-17-7-8-19-16(13-17)14-20(23(29)30)27(19)12-10-24/h7-8,13-15,18,21H,2-6,9-12H2,1H3,(H,25,28)(H,29,30). The summed E-state index contributed by atoms with van der Waals surface area (Å²) in [5.41, 5.74) is 1.35. The van der Waals surface area contributed by atoms with Gasteiger partial charge < -0.3 is 15.0 Å². The number of aromatic nitrogens is 1. The molecule has 2 heterocycles. The van der Waals surface area contributed by atoms with Gasteiger partial charge in [0.25, 0.3) is 0 Å². The highest BCUT2D eigenvalue weighted by atomic mass is 19.1. The van der Waals surface area contributed by atoms with E-state index in [9.17, 15) is 19.1 Å². The van der Waals surface area contributed by atoms with Crippen molar-refractivity contribution in [1.82, 2.24) is 9.47 Å². The molecular formula is C23H30FN3O3. The smallest absolute Gasteiger partial charge is 0.352 e. The van der Waals surface area contributed by atoms with Gasteiger partial charge in [0.1, 0.15) is 12.4 Å². The van der Waals surface area contributed by atoms with Crippen molar-refractivity contribution in [2.75, 3.05) is 25.6 Å². The van der Waals surface area contributed by atoms with Gasteiger partial charge >= 0.3 is 5.97 Å². The molecule has 1 saturated carbocycles. The van der Waals surface area contributed by atoms with Gasteiger partial charge in [0, 0.05) is 16.6 Å². The van der Waals surface area contributed by atoms with Crippen molar-refractivity contribution in [2.24, 2.45) is 11.8 Å². The topological polar surface area (TPSA) is 74.6 Å². The van der Waals surface area contributed by atoms with Gasteiger partial charge in [-0.25, -0.2) is 9.18 Å². The number of rotatable bonds is 6. The molecular weight excluding hydrogens is 385 g/mol. The lowest BCUT2D eigenvalue weighted by Crippen LogP contribution is -2.43. The van der Waals surface area contributed by atoms with Gasteiger partial charge in [-0.2, -0.15) is 0 Å². The van der Waals surface area contributed by atoms with Crippen molar-refractivity contribution < 1.29 is 19.1 Å². The number of nitrogens with zero attached hydrogens (tertiary/aromatic N) is 2. The molecule has 1 amide bonds. The van der Waals surface area contributed by atoms with Gasteiger partial charge in [-0.15, -0.1) is 0 Å². The Hall–Kier alpha value is -2.41. The number of hydrogen-bond acceptors (Lipinski definition) is 3. The van der Waals surface area contributed by atoms with E-state index in [2.05, 4.69) is 10.2 Å². The quantitative estimate of drug-likeness (QED) is 0.743. The third-order valence-corrected chi connectivity index (χ3v) is 6.92. The molecule has 2 N–H and O–H groups in total. The minimum atomic E-state index is -1.09. The van der Waals surface area contributed by atoms with E-state index in [1.54, 1.807) is 18.2 Å². The number of carboxylic acid groups (broad SMARTS) is 1. The fourth-order valence-electron chi connectivity index (χ4n) is 5.49. The summed E-state index contributed by atoms with van der Waals surface area (Å²) in [6.07, 6.45) is 7.32. The van der Waals surface area contributed by atoms with Crippen molar-refractivity contribution >= 4 is 28.5 Å². The van der Waals surface area contributed by atoms with Crippen LogP contribution in [0.15, 0.2) is 24.3 Å². The summed E-state index contributed by atoms with van der Waals surface area (Å²) in [5, 5.41) is 13.2. The lowest BCUT2D eigenvalue weighted by atomic mass is 9.76. The predicted molar refractivity (Wildman–Crippen MR) is 115 cm³/mol. The van der Waals surface area contributed by atoms with Crippen LogP contribution in [-0.4, -0.2) is 52.8 Å². The number of hydrogen-bond donors (Lipinski definition) is 2. The van der Waals surface area contributed by atoms with Gasteiger partial charge in [-0.05, 0) is 56.1 Å². The molecule has 2 unspecified atom stereocenters. The molecule has 1 saturated heterocycles. The Morgan fingerprint density at radius 1 is 1.17 bits per heavy atom.